The number of hydrogen-bond acceptors (Lipinski definition) is 6. The van der Waals surface area contributed by atoms with Crippen LogP contribution in [0.2, 0.25) is 0 Å². The fourth-order valence-electron chi connectivity index (χ4n) is 3.89. The van der Waals surface area contributed by atoms with E-state index in [1.807, 2.05) is 73.4 Å². The molecular formula is C27H29NO5S. The van der Waals surface area contributed by atoms with Crippen LogP contribution in [-0.2, 0) is 16.4 Å². The highest BCUT2D eigenvalue weighted by Crippen LogP contribution is 2.33. The Morgan fingerprint density at radius 1 is 0.912 bits per heavy atom. The summed E-state index contributed by atoms with van der Waals surface area (Å²) < 4.78 is 43.4. The summed E-state index contributed by atoms with van der Waals surface area (Å²) in [5, 5.41) is 0. The third-order valence-electron chi connectivity index (χ3n) is 5.65. The van der Waals surface area contributed by atoms with Gasteiger partial charge in [0.2, 0.25) is 0 Å². The normalized spacial score (nSPS) is 14.1. The van der Waals surface area contributed by atoms with Crippen LogP contribution in [-0.4, -0.2) is 34.1 Å². The average molecular weight is 480 g/mol. The topological polar surface area (TPSA) is 65.1 Å². The molecule has 0 unspecified atom stereocenters. The third kappa shape index (κ3) is 5.20. The quantitative estimate of drug-likeness (QED) is 0.435. The van der Waals surface area contributed by atoms with Gasteiger partial charge in [0, 0.05) is 23.9 Å². The van der Waals surface area contributed by atoms with E-state index in [0.717, 1.165) is 22.6 Å². The van der Waals surface area contributed by atoms with Crippen LogP contribution < -0.4 is 19.1 Å². The molecule has 7 heteroatoms. The van der Waals surface area contributed by atoms with Crippen LogP contribution in [0.15, 0.2) is 77.7 Å². The number of sulfone groups is 1. The van der Waals surface area contributed by atoms with Gasteiger partial charge in [0.1, 0.15) is 17.2 Å². The smallest absolute Gasteiger partial charge is 0.196 e. The van der Waals surface area contributed by atoms with Gasteiger partial charge in [-0.3, -0.25) is 0 Å². The summed E-state index contributed by atoms with van der Waals surface area (Å²) in [6, 6.07) is 20.1. The molecule has 6 nitrogen and oxygen atoms in total. The molecule has 1 heterocycles. The standard InChI is InChI=1S/C27H29NO5S/c1-27(2)15-14-21-16-20(10-12-24(21)33-27)18-28(22-8-6-5-7-9-22)19-34(29,30)23-11-13-25(31-3)26(17-23)32-4/h5-17H,18-19H2,1-4H3. The maximum atomic E-state index is 13.4. The van der Waals surface area contributed by atoms with Gasteiger partial charge in [-0.15, -0.1) is 0 Å². The Morgan fingerprint density at radius 3 is 2.35 bits per heavy atom. The van der Waals surface area contributed by atoms with Gasteiger partial charge in [0.25, 0.3) is 0 Å². The lowest BCUT2D eigenvalue weighted by molar-refractivity contribution is 0.159. The van der Waals surface area contributed by atoms with Crippen molar-refractivity contribution < 1.29 is 22.6 Å². The molecule has 0 amide bonds. The number of hydrogen-bond donors (Lipinski definition) is 0. The molecule has 4 rings (SSSR count). The number of methoxy groups -OCH3 is 2. The number of para-hydroxylation sites is 1. The van der Waals surface area contributed by atoms with Crippen LogP contribution in [0.3, 0.4) is 0 Å². The largest absolute Gasteiger partial charge is 0.493 e. The Bertz CT molecular complexity index is 1300. The van der Waals surface area contributed by atoms with Crippen LogP contribution in [0, 0.1) is 0 Å². The third-order valence-corrected chi connectivity index (χ3v) is 7.27. The molecule has 3 aromatic rings. The van der Waals surface area contributed by atoms with Gasteiger partial charge in [0.15, 0.2) is 21.3 Å². The Morgan fingerprint density at radius 2 is 1.65 bits per heavy atom. The highest BCUT2D eigenvalue weighted by molar-refractivity contribution is 7.91. The van der Waals surface area contributed by atoms with Gasteiger partial charge < -0.3 is 19.1 Å². The van der Waals surface area contributed by atoms with Gasteiger partial charge in [-0.05, 0) is 61.9 Å². The van der Waals surface area contributed by atoms with E-state index in [1.165, 1.54) is 20.3 Å². The second kappa shape index (κ2) is 9.43. The number of rotatable bonds is 8. The number of ether oxygens (including phenoxy) is 3. The molecule has 0 bridgehead atoms. The Kier molecular flexibility index (Phi) is 6.57. The van der Waals surface area contributed by atoms with Crippen molar-refractivity contribution in [2.45, 2.75) is 30.9 Å². The first-order chi connectivity index (χ1) is 16.2. The lowest BCUT2D eigenvalue weighted by atomic mass is 10.0. The van der Waals surface area contributed by atoms with Crippen molar-refractivity contribution >= 4 is 21.6 Å². The average Bonchev–Trinajstić information content (AvgIpc) is 2.83. The summed E-state index contributed by atoms with van der Waals surface area (Å²) in [5.74, 6) is 1.48. The summed E-state index contributed by atoms with van der Waals surface area (Å²) in [5.41, 5.74) is 2.43. The van der Waals surface area contributed by atoms with Crippen molar-refractivity contribution in [3.8, 4) is 17.2 Å². The minimum atomic E-state index is -3.67. The molecule has 3 aromatic carbocycles. The highest BCUT2D eigenvalue weighted by Gasteiger charge is 2.24. The first-order valence-electron chi connectivity index (χ1n) is 11.0. The first-order valence-corrected chi connectivity index (χ1v) is 12.6. The zero-order valence-electron chi connectivity index (χ0n) is 19.8. The number of nitrogens with zero attached hydrogens (tertiary/aromatic N) is 1. The van der Waals surface area contributed by atoms with Crippen molar-refractivity contribution in [3.63, 3.8) is 0 Å². The van der Waals surface area contributed by atoms with Gasteiger partial charge in [0.05, 0.1) is 19.1 Å². The van der Waals surface area contributed by atoms with Crippen LogP contribution in [0.1, 0.15) is 25.0 Å². The molecule has 0 radical (unpaired) electrons. The van der Waals surface area contributed by atoms with E-state index >= 15 is 0 Å². The van der Waals surface area contributed by atoms with Gasteiger partial charge in [-0.25, -0.2) is 8.42 Å². The predicted octanol–water partition coefficient (Wildman–Crippen LogP) is 5.33. The van der Waals surface area contributed by atoms with Crippen LogP contribution in [0.5, 0.6) is 17.2 Å². The molecule has 0 saturated heterocycles. The maximum absolute atomic E-state index is 13.4. The van der Waals surface area contributed by atoms with E-state index in [4.69, 9.17) is 14.2 Å². The van der Waals surface area contributed by atoms with Crippen molar-refractivity contribution in [1.82, 2.24) is 0 Å². The lowest BCUT2D eigenvalue weighted by Gasteiger charge is -2.29. The molecule has 1 aliphatic rings. The Hall–Kier alpha value is -3.45. The summed E-state index contributed by atoms with van der Waals surface area (Å²) in [6.07, 6.45) is 4.07. The summed E-state index contributed by atoms with van der Waals surface area (Å²) in [7, 11) is -0.664. The van der Waals surface area contributed by atoms with E-state index in [2.05, 4.69) is 6.08 Å². The molecule has 0 N–H and O–H groups in total. The second-order valence-electron chi connectivity index (χ2n) is 8.71. The number of anilines is 1. The second-order valence-corrected chi connectivity index (χ2v) is 10.7. The van der Waals surface area contributed by atoms with Crippen LogP contribution in [0.25, 0.3) is 6.08 Å². The molecule has 34 heavy (non-hydrogen) atoms. The summed E-state index contributed by atoms with van der Waals surface area (Å²) >= 11 is 0. The molecule has 0 atom stereocenters. The SMILES string of the molecule is COc1ccc(S(=O)(=O)CN(Cc2ccc3c(c2)C=CC(C)(C)O3)c2ccccc2)cc1OC. The van der Waals surface area contributed by atoms with Gasteiger partial charge in [-0.2, -0.15) is 0 Å². The van der Waals surface area contributed by atoms with E-state index in [9.17, 15) is 8.42 Å². The van der Waals surface area contributed by atoms with Crippen molar-refractivity contribution in [1.29, 1.82) is 0 Å². The molecule has 0 aromatic heterocycles. The zero-order valence-corrected chi connectivity index (χ0v) is 20.6. The molecule has 0 spiro atoms. The monoisotopic (exact) mass is 479 g/mol. The molecular weight excluding hydrogens is 450 g/mol. The molecule has 0 fully saturated rings. The van der Waals surface area contributed by atoms with Gasteiger partial charge >= 0.3 is 0 Å². The fraction of sp³-hybridized carbons (Fsp3) is 0.259. The lowest BCUT2D eigenvalue weighted by Crippen LogP contribution is -2.30. The van der Waals surface area contributed by atoms with Crippen molar-refractivity contribution in [2.75, 3.05) is 25.0 Å². The van der Waals surface area contributed by atoms with E-state index < -0.39 is 9.84 Å². The molecule has 178 valence electrons. The van der Waals surface area contributed by atoms with E-state index in [-0.39, 0.29) is 16.4 Å². The fourth-order valence-corrected chi connectivity index (χ4v) is 5.25. The number of fused-ring (bicyclic) bond motifs is 1. The van der Waals surface area contributed by atoms with E-state index in [1.54, 1.807) is 12.1 Å². The summed E-state index contributed by atoms with van der Waals surface area (Å²) in [6.45, 7) is 4.44. The molecule has 0 saturated carbocycles. The minimum absolute atomic E-state index is 0.176. The van der Waals surface area contributed by atoms with Crippen molar-refractivity contribution in [2.24, 2.45) is 0 Å². The highest BCUT2D eigenvalue weighted by atomic mass is 32.2. The van der Waals surface area contributed by atoms with Crippen LogP contribution in [0.4, 0.5) is 5.69 Å². The Labute approximate surface area is 201 Å². The Balaban J connectivity index is 1.64. The molecule has 1 aliphatic heterocycles. The summed E-state index contributed by atoms with van der Waals surface area (Å²) in [4.78, 5) is 2.03. The predicted molar refractivity (Wildman–Crippen MR) is 134 cm³/mol. The minimum Gasteiger partial charge on any atom is -0.493 e. The van der Waals surface area contributed by atoms with Gasteiger partial charge in [-0.1, -0.05) is 30.3 Å². The number of benzene rings is 3. The maximum Gasteiger partial charge on any atom is 0.196 e. The first kappa shape index (κ1) is 23.7. The zero-order chi connectivity index (χ0) is 24.3. The molecule has 0 aliphatic carbocycles. The van der Waals surface area contributed by atoms with Crippen LogP contribution >= 0.6 is 0 Å². The van der Waals surface area contributed by atoms with E-state index in [0.29, 0.717) is 18.0 Å². The van der Waals surface area contributed by atoms with Crippen molar-refractivity contribution in [3.05, 3.63) is 83.9 Å².